The van der Waals surface area contributed by atoms with Crippen LogP contribution in [0.3, 0.4) is 0 Å². The molecule has 2 rings (SSSR count). The second-order valence-electron chi connectivity index (χ2n) is 5.40. The number of thioether (sulfide) groups is 1. The fourth-order valence-electron chi connectivity index (χ4n) is 2.50. The maximum absolute atomic E-state index is 4.63. The van der Waals surface area contributed by atoms with Gasteiger partial charge in [0.1, 0.15) is 16.2 Å². The van der Waals surface area contributed by atoms with Gasteiger partial charge in [0, 0.05) is 23.3 Å². The zero-order valence-electron chi connectivity index (χ0n) is 11.8. The Morgan fingerprint density at radius 3 is 2.74 bits per heavy atom. The van der Waals surface area contributed by atoms with Gasteiger partial charge in [-0.15, -0.1) is 0 Å². The topological polar surface area (TPSA) is 37.8 Å². The Balaban J connectivity index is 2.13. The van der Waals surface area contributed by atoms with Crippen molar-refractivity contribution < 1.29 is 0 Å². The second-order valence-corrected chi connectivity index (χ2v) is 7.29. The molecule has 1 aromatic heterocycles. The summed E-state index contributed by atoms with van der Waals surface area (Å²) in [7, 11) is 0. The summed E-state index contributed by atoms with van der Waals surface area (Å²) in [6.07, 6.45) is 7.43. The third-order valence-electron chi connectivity index (χ3n) is 3.57. The van der Waals surface area contributed by atoms with E-state index in [1.807, 2.05) is 17.8 Å². The van der Waals surface area contributed by atoms with Crippen molar-refractivity contribution in [3.63, 3.8) is 0 Å². The van der Waals surface area contributed by atoms with E-state index in [9.17, 15) is 0 Å². The second kappa shape index (κ2) is 6.93. The van der Waals surface area contributed by atoms with Crippen LogP contribution in [0.15, 0.2) is 10.7 Å². The average Bonchev–Trinajstić information content (AvgIpc) is 2.38. The molecule has 3 nitrogen and oxygen atoms in total. The van der Waals surface area contributed by atoms with E-state index in [-0.39, 0.29) is 0 Å². The van der Waals surface area contributed by atoms with E-state index in [1.165, 1.54) is 25.7 Å². The average molecular weight is 344 g/mol. The highest BCUT2D eigenvalue weighted by Crippen LogP contribution is 2.29. The van der Waals surface area contributed by atoms with E-state index < -0.39 is 0 Å². The standard InChI is InChI=1S/C14H22BrN3S/c1-9(2)14-17-12(15)8-13(18-14)16-10-6-4-5-7-11(10)19-3/h8-11H,4-7H2,1-3H3,(H,16,17,18). The highest BCUT2D eigenvalue weighted by atomic mass is 79.9. The SMILES string of the molecule is CSC1CCCCC1Nc1cc(Br)nc(C(C)C)n1. The third-order valence-corrected chi connectivity index (χ3v) is 5.14. The lowest BCUT2D eigenvalue weighted by molar-refractivity contribution is 0.474. The highest BCUT2D eigenvalue weighted by molar-refractivity contribution is 9.10. The van der Waals surface area contributed by atoms with Crippen LogP contribution in [0, 0.1) is 0 Å². The summed E-state index contributed by atoms with van der Waals surface area (Å²) < 4.78 is 0.866. The number of hydrogen-bond acceptors (Lipinski definition) is 4. The molecule has 5 heteroatoms. The smallest absolute Gasteiger partial charge is 0.134 e. The Bertz CT molecular complexity index is 425. The normalized spacial score (nSPS) is 23.6. The van der Waals surface area contributed by atoms with Gasteiger partial charge in [0.25, 0.3) is 0 Å². The summed E-state index contributed by atoms with van der Waals surface area (Å²) in [5.74, 6) is 2.20. The molecule has 106 valence electrons. The van der Waals surface area contributed by atoms with Crippen molar-refractivity contribution in [3.8, 4) is 0 Å². The lowest BCUT2D eigenvalue weighted by atomic mass is 9.95. The van der Waals surface area contributed by atoms with Gasteiger partial charge < -0.3 is 5.32 Å². The van der Waals surface area contributed by atoms with Crippen LogP contribution in [0.2, 0.25) is 0 Å². The van der Waals surface area contributed by atoms with E-state index in [4.69, 9.17) is 0 Å². The minimum absolute atomic E-state index is 0.348. The van der Waals surface area contributed by atoms with Gasteiger partial charge in [0.05, 0.1) is 0 Å². The molecule has 1 N–H and O–H groups in total. The minimum atomic E-state index is 0.348. The number of hydrogen-bond donors (Lipinski definition) is 1. The van der Waals surface area contributed by atoms with Gasteiger partial charge in [-0.05, 0) is 35.0 Å². The molecule has 1 aromatic rings. The summed E-state index contributed by atoms with van der Waals surface area (Å²) in [4.78, 5) is 9.06. The summed E-state index contributed by atoms with van der Waals surface area (Å²) in [5, 5.41) is 4.32. The van der Waals surface area contributed by atoms with Crippen molar-refractivity contribution in [2.45, 2.75) is 56.7 Å². The monoisotopic (exact) mass is 343 g/mol. The predicted octanol–water partition coefficient (Wildman–Crippen LogP) is 4.45. The van der Waals surface area contributed by atoms with Crippen LogP contribution in [0.25, 0.3) is 0 Å². The van der Waals surface area contributed by atoms with Crippen LogP contribution in [0.1, 0.15) is 51.3 Å². The molecule has 0 saturated heterocycles. The van der Waals surface area contributed by atoms with Crippen LogP contribution >= 0.6 is 27.7 Å². The fraction of sp³-hybridized carbons (Fsp3) is 0.714. The first-order chi connectivity index (χ1) is 9.10. The van der Waals surface area contributed by atoms with E-state index in [1.54, 1.807) is 0 Å². The van der Waals surface area contributed by atoms with Gasteiger partial charge in [-0.1, -0.05) is 26.7 Å². The van der Waals surface area contributed by atoms with Crippen LogP contribution in [-0.4, -0.2) is 27.5 Å². The molecule has 0 radical (unpaired) electrons. The number of nitrogens with zero attached hydrogens (tertiary/aromatic N) is 2. The molecule has 1 saturated carbocycles. The Hall–Kier alpha value is -0.290. The van der Waals surface area contributed by atoms with Crippen molar-refractivity contribution >= 4 is 33.5 Å². The van der Waals surface area contributed by atoms with E-state index in [2.05, 4.69) is 51.3 Å². The molecular weight excluding hydrogens is 322 g/mol. The van der Waals surface area contributed by atoms with E-state index in [0.29, 0.717) is 17.2 Å². The molecule has 1 fully saturated rings. The number of rotatable bonds is 4. The molecule has 0 amide bonds. The molecule has 19 heavy (non-hydrogen) atoms. The molecular formula is C14H22BrN3S. The first kappa shape index (κ1) is 15.1. The van der Waals surface area contributed by atoms with Gasteiger partial charge in [0.2, 0.25) is 0 Å². The Morgan fingerprint density at radius 1 is 1.32 bits per heavy atom. The minimum Gasteiger partial charge on any atom is -0.366 e. The summed E-state index contributed by atoms with van der Waals surface area (Å²) in [6, 6.07) is 2.52. The van der Waals surface area contributed by atoms with Crippen LogP contribution in [0.5, 0.6) is 0 Å². The molecule has 2 atom stereocenters. The van der Waals surface area contributed by atoms with E-state index >= 15 is 0 Å². The quantitative estimate of drug-likeness (QED) is 0.819. The molecule has 0 spiro atoms. The van der Waals surface area contributed by atoms with Crippen molar-refractivity contribution in [3.05, 3.63) is 16.5 Å². The van der Waals surface area contributed by atoms with Crippen LogP contribution < -0.4 is 5.32 Å². The highest BCUT2D eigenvalue weighted by Gasteiger charge is 2.24. The zero-order chi connectivity index (χ0) is 13.8. The van der Waals surface area contributed by atoms with Crippen LogP contribution in [-0.2, 0) is 0 Å². The van der Waals surface area contributed by atoms with Crippen molar-refractivity contribution in [1.82, 2.24) is 9.97 Å². The first-order valence-electron chi connectivity index (χ1n) is 6.94. The molecule has 1 heterocycles. The van der Waals surface area contributed by atoms with Crippen molar-refractivity contribution in [2.24, 2.45) is 0 Å². The van der Waals surface area contributed by atoms with Gasteiger partial charge in [0.15, 0.2) is 0 Å². The summed E-state index contributed by atoms with van der Waals surface area (Å²) >= 11 is 5.45. The van der Waals surface area contributed by atoms with E-state index in [0.717, 1.165) is 16.2 Å². The largest absolute Gasteiger partial charge is 0.366 e. The predicted molar refractivity (Wildman–Crippen MR) is 87.0 cm³/mol. The number of nitrogens with one attached hydrogen (secondary N) is 1. The number of aromatic nitrogens is 2. The summed E-state index contributed by atoms with van der Waals surface area (Å²) in [6.45, 7) is 4.24. The third kappa shape index (κ3) is 4.09. The molecule has 0 aromatic carbocycles. The number of anilines is 1. The van der Waals surface area contributed by atoms with Crippen molar-refractivity contribution in [1.29, 1.82) is 0 Å². The Labute approximate surface area is 128 Å². The zero-order valence-corrected chi connectivity index (χ0v) is 14.2. The molecule has 1 aliphatic rings. The van der Waals surface area contributed by atoms with Gasteiger partial charge in [-0.3, -0.25) is 0 Å². The van der Waals surface area contributed by atoms with Gasteiger partial charge >= 0.3 is 0 Å². The molecule has 0 bridgehead atoms. The van der Waals surface area contributed by atoms with Gasteiger partial charge in [-0.2, -0.15) is 11.8 Å². The number of halogens is 1. The van der Waals surface area contributed by atoms with Crippen molar-refractivity contribution in [2.75, 3.05) is 11.6 Å². The maximum Gasteiger partial charge on any atom is 0.134 e. The summed E-state index contributed by atoms with van der Waals surface area (Å²) in [5.41, 5.74) is 0. The lowest BCUT2D eigenvalue weighted by Crippen LogP contribution is -2.34. The molecule has 2 unspecified atom stereocenters. The fourth-order valence-corrected chi connectivity index (χ4v) is 3.83. The molecule has 0 aliphatic heterocycles. The maximum atomic E-state index is 4.63. The van der Waals surface area contributed by atoms with Crippen LogP contribution in [0.4, 0.5) is 5.82 Å². The lowest BCUT2D eigenvalue weighted by Gasteiger charge is -2.31. The Kier molecular flexibility index (Phi) is 5.51. The van der Waals surface area contributed by atoms with Gasteiger partial charge in [-0.25, -0.2) is 9.97 Å². The Morgan fingerprint density at radius 2 is 2.05 bits per heavy atom. The first-order valence-corrected chi connectivity index (χ1v) is 9.02. The molecule has 1 aliphatic carbocycles.